The zero-order valence-corrected chi connectivity index (χ0v) is 9.39. The molecular weight excluding hydrogens is 238 g/mol. The molecule has 0 aliphatic rings. The summed E-state index contributed by atoms with van der Waals surface area (Å²) in [5, 5.41) is 11.0. The number of nitrogens with zero attached hydrogens (tertiary/aromatic N) is 4. The van der Waals surface area contributed by atoms with Gasteiger partial charge in [-0.05, 0) is 34.8 Å². The van der Waals surface area contributed by atoms with Crippen LogP contribution in [0.5, 0.6) is 0 Å². The van der Waals surface area contributed by atoms with Crippen molar-refractivity contribution < 1.29 is 4.42 Å². The lowest BCUT2D eigenvalue weighted by Gasteiger charge is -2.01. The summed E-state index contributed by atoms with van der Waals surface area (Å²) in [4.78, 5) is 3.31. The maximum Gasteiger partial charge on any atom is 0.266 e. The highest BCUT2D eigenvalue weighted by Gasteiger charge is 2.03. The fourth-order valence-electron chi connectivity index (χ4n) is 1.52. The SMILES string of the molecule is S=c1[nH]c(-c2cccc(-n3cnnn3)c2)co1. The second-order valence-electron chi connectivity index (χ2n) is 3.37. The predicted molar refractivity (Wildman–Crippen MR) is 62.0 cm³/mol. The molecule has 0 fully saturated rings. The van der Waals surface area contributed by atoms with E-state index in [1.807, 2.05) is 24.3 Å². The van der Waals surface area contributed by atoms with E-state index in [1.54, 1.807) is 10.9 Å². The Balaban J connectivity index is 2.08. The zero-order chi connectivity index (χ0) is 11.7. The van der Waals surface area contributed by atoms with E-state index in [2.05, 4.69) is 20.5 Å². The molecule has 0 spiro atoms. The van der Waals surface area contributed by atoms with Crippen LogP contribution >= 0.6 is 12.2 Å². The molecule has 0 saturated heterocycles. The van der Waals surface area contributed by atoms with Crippen molar-refractivity contribution in [2.75, 3.05) is 0 Å². The monoisotopic (exact) mass is 245 g/mol. The van der Waals surface area contributed by atoms with Crippen LogP contribution in [0, 0.1) is 4.84 Å². The third-order valence-corrected chi connectivity index (χ3v) is 2.49. The summed E-state index contributed by atoms with van der Waals surface area (Å²) in [6, 6.07) is 7.71. The average Bonchev–Trinajstić information content (AvgIpc) is 3.00. The fourth-order valence-corrected chi connectivity index (χ4v) is 1.68. The van der Waals surface area contributed by atoms with E-state index in [-0.39, 0.29) is 0 Å². The van der Waals surface area contributed by atoms with Crippen molar-refractivity contribution in [2.24, 2.45) is 0 Å². The highest BCUT2D eigenvalue weighted by atomic mass is 32.1. The molecule has 3 rings (SSSR count). The van der Waals surface area contributed by atoms with Crippen LogP contribution < -0.4 is 0 Å². The van der Waals surface area contributed by atoms with Crippen LogP contribution in [0.3, 0.4) is 0 Å². The molecule has 1 N–H and O–H groups in total. The van der Waals surface area contributed by atoms with Gasteiger partial charge in [0, 0.05) is 5.56 Å². The molecule has 6 nitrogen and oxygen atoms in total. The Kier molecular flexibility index (Phi) is 2.30. The topological polar surface area (TPSA) is 72.5 Å². The maximum atomic E-state index is 5.06. The number of hydrogen-bond donors (Lipinski definition) is 1. The molecule has 2 heterocycles. The first-order valence-electron chi connectivity index (χ1n) is 4.84. The van der Waals surface area contributed by atoms with Crippen LogP contribution in [0.25, 0.3) is 16.9 Å². The number of nitrogens with one attached hydrogen (secondary N) is 1. The highest BCUT2D eigenvalue weighted by molar-refractivity contribution is 7.71. The van der Waals surface area contributed by atoms with Gasteiger partial charge in [-0.25, -0.2) is 4.68 Å². The Morgan fingerprint density at radius 2 is 2.29 bits per heavy atom. The predicted octanol–water partition coefficient (Wildman–Crippen LogP) is 1.98. The first-order valence-corrected chi connectivity index (χ1v) is 5.25. The van der Waals surface area contributed by atoms with Crippen molar-refractivity contribution >= 4 is 12.2 Å². The molecule has 7 heteroatoms. The number of aromatic amines is 1. The molecule has 17 heavy (non-hydrogen) atoms. The normalized spacial score (nSPS) is 10.6. The number of benzene rings is 1. The molecule has 0 aliphatic heterocycles. The summed E-state index contributed by atoms with van der Waals surface area (Å²) >= 11 is 4.89. The summed E-state index contributed by atoms with van der Waals surface area (Å²) in [7, 11) is 0. The Labute approximate surface area is 101 Å². The van der Waals surface area contributed by atoms with Gasteiger partial charge in [0.2, 0.25) is 0 Å². The Morgan fingerprint density at radius 3 is 3.00 bits per heavy atom. The fraction of sp³-hybridized carbons (Fsp3) is 0. The van der Waals surface area contributed by atoms with Crippen molar-refractivity contribution in [1.29, 1.82) is 0 Å². The molecule has 0 aliphatic carbocycles. The van der Waals surface area contributed by atoms with Gasteiger partial charge < -0.3 is 9.40 Å². The van der Waals surface area contributed by atoms with Crippen molar-refractivity contribution in [2.45, 2.75) is 0 Å². The highest BCUT2D eigenvalue weighted by Crippen LogP contribution is 2.20. The Hall–Kier alpha value is -2.28. The van der Waals surface area contributed by atoms with Gasteiger partial charge in [0.25, 0.3) is 4.84 Å². The minimum absolute atomic E-state index is 0.354. The maximum absolute atomic E-state index is 5.06. The van der Waals surface area contributed by atoms with E-state index < -0.39 is 0 Å². The third kappa shape index (κ3) is 1.87. The lowest BCUT2D eigenvalue weighted by Crippen LogP contribution is -1.95. The number of rotatable bonds is 2. The second-order valence-corrected chi connectivity index (χ2v) is 3.74. The summed E-state index contributed by atoms with van der Waals surface area (Å²) in [6.07, 6.45) is 3.12. The van der Waals surface area contributed by atoms with Gasteiger partial charge in [-0.3, -0.25) is 0 Å². The number of tetrazole rings is 1. The first kappa shape index (κ1) is 9.91. The van der Waals surface area contributed by atoms with Crippen LogP contribution in [0.1, 0.15) is 0 Å². The van der Waals surface area contributed by atoms with E-state index in [4.69, 9.17) is 16.6 Å². The van der Waals surface area contributed by atoms with Crippen molar-refractivity contribution in [3.63, 3.8) is 0 Å². The van der Waals surface area contributed by atoms with Gasteiger partial charge in [0.1, 0.15) is 12.6 Å². The van der Waals surface area contributed by atoms with Crippen LogP contribution in [0.2, 0.25) is 0 Å². The van der Waals surface area contributed by atoms with Crippen molar-refractivity contribution in [3.8, 4) is 16.9 Å². The van der Waals surface area contributed by atoms with Crippen LogP contribution in [-0.2, 0) is 0 Å². The van der Waals surface area contributed by atoms with Gasteiger partial charge in [-0.1, -0.05) is 12.1 Å². The Bertz CT molecular complexity index is 685. The average molecular weight is 245 g/mol. The molecule has 0 radical (unpaired) electrons. The molecule has 1 aromatic carbocycles. The molecule has 84 valence electrons. The lowest BCUT2D eigenvalue weighted by atomic mass is 10.1. The number of aromatic nitrogens is 5. The molecular formula is C10H7N5OS. The summed E-state index contributed by atoms with van der Waals surface area (Å²) in [5.74, 6) is 0. The molecule has 0 unspecified atom stereocenters. The van der Waals surface area contributed by atoms with E-state index in [1.165, 1.54) is 6.33 Å². The Morgan fingerprint density at radius 1 is 1.35 bits per heavy atom. The van der Waals surface area contributed by atoms with Crippen LogP contribution in [-0.4, -0.2) is 25.2 Å². The summed E-state index contributed by atoms with van der Waals surface area (Å²) in [6.45, 7) is 0. The van der Waals surface area contributed by atoms with Crippen LogP contribution in [0.4, 0.5) is 0 Å². The van der Waals surface area contributed by atoms with Gasteiger partial charge in [0.15, 0.2) is 0 Å². The lowest BCUT2D eigenvalue weighted by molar-refractivity contribution is 0.541. The van der Waals surface area contributed by atoms with Gasteiger partial charge in [0.05, 0.1) is 11.4 Å². The van der Waals surface area contributed by atoms with Crippen molar-refractivity contribution in [1.82, 2.24) is 25.2 Å². The molecule has 0 bridgehead atoms. The molecule has 0 atom stereocenters. The van der Waals surface area contributed by atoms with E-state index in [9.17, 15) is 0 Å². The van der Waals surface area contributed by atoms with E-state index in [0.29, 0.717) is 4.84 Å². The zero-order valence-electron chi connectivity index (χ0n) is 8.57. The van der Waals surface area contributed by atoms with Crippen LogP contribution in [0.15, 0.2) is 41.3 Å². The third-order valence-electron chi connectivity index (χ3n) is 2.29. The number of oxazole rings is 1. The number of H-pyrrole nitrogens is 1. The van der Waals surface area contributed by atoms with Gasteiger partial charge >= 0.3 is 0 Å². The quantitative estimate of drug-likeness (QED) is 0.699. The molecule has 3 aromatic rings. The largest absolute Gasteiger partial charge is 0.437 e. The van der Waals surface area contributed by atoms with E-state index in [0.717, 1.165) is 16.9 Å². The number of hydrogen-bond acceptors (Lipinski definition) is 5. The first-order chi connectivity index (χ1) is 8.33. The van der Waals surface area contributed by atoms with E-state index >= 15 is 0 Å². The molecule has 0 amide bonds. The summed E-state index contributed by atoms with van der Waals surface area (Å²) in [5.41, 5.74) is 2.65. The summed E-state index contributed by atoms with van der Waals surface area (Å²) < 4.78 is 6.64. The smallest absolute Gasteiger partial charge is 0.266 e. The molecule has 0 saturated carbocycles. The van der Waals surface area contributed by atoms with Gasteiger partial charge in [-0.2, -0.15) is 0 Å². The minimum Gasteiger partial charge on any atom is -0.437 e. The minimum atomic E-state index is 0.354. The van der Waals surface area contributed by atoms with Crippen molar-refractivity contribution in [3.05, 3.63) is 41.7 Å². The second kappa shape index (κ2) is 3.95. The standard InChI is InChI=1S/C10H7N5OS/c17-10-12-9(5-16-10)7-2-1-3-8(4-7)15-6-11-13-14-15/h1-6H,(H,12,17). The van der Waals surface area contributed by atoms with Gasteiger partial charge in [-0.15, -0.1) is 5.10 Å². The molecule has 2 aromatic heterocycles.